The predicted molar refractivity (Wildman–Crippen MR) is 111 cm³/mol. The van der Waals surface area contributed by atoms with E-state index in [0.717, 1.165) is 57.8 Å². The van der Waals surface area contributed by atoms with E-state index in [1.807, 2.05) is 0 Å². The number of hydrogen-bond acceptors (Lipinski definition) is 6. The molecule has 0 bridgehead atoms. The Bertz CT molecular complexity index is 469. The van der Waals surface area contributed by atoms with Gasteiger partial charge >= 0.3 is 19.8 Å². The third-order valence-corrected chi connectivity index (χ3v) is 4.61. The fourth-order valence-electron chi connectivity index (χ4n) is 2.55. The second-order valence-corrected chi connectivity index (χ2v) is 8.15. The minimum absolute atomic E-state index is 0. The van der Waals surface area contributed by atoms with Crippen LogP contribution in [0.15, 0.2) is 0 Å². The molecule has 0 spiro atoms. The predicted octanol–water partition coefficient (Wildman–Crippen LogP) is 3.89. The van der Waals surface area contributed by atoms with E-state index in [1.54, 1.807) is 0 Å². The Balaban J connectivity index is 0. The largest absolute Gasteiger partial charge is 0.469 e. The fourth-order valence-corrected chi connectivity index (χ4v) is 2.91. The molecule has 0 saturated carbocycles. The minimum atomic E-state index is -4.70. The molecule has 0 aliphatic carbocycles. The number of rotatable bonds is 18. The van der Waals surface area contributed by atoms with E-state index in [1.165, 1.54) is 0 Å². The van der Waals surface area contributed by atoms with Crippen molar-refractivity contribution < 1.29 is 37.9 Å². The molecule has 10 heteroatoms. The van der Waals surface area contributed by atoms with Gasteiger partial charge in [0.15, 0.2) is 6.10 Å². The van der Waals surface area contributed by atoms with E-state index in [0.29, 0.717) is 6.42 Å². The molecule has 0 saturated heterocycles. The number of phosphoric ester groups is 1. The van der Waals surface area contributed by atoms with Crippen molar-refractivity contribution in [2.45, 2.75) is 97.0 Å². The Morgan fingerprint density at radius 2 is 1.28 bits per heavy atom. The molecule has 0 heterocycles. The number of unbranched alkanes of at least 4 members (excludes halogenated alkanes) is 8. The van der Waals surface area contributed by atoms with Gasteiger partial charge in [-0.3, -0.25) is 14.1 Å². The van der Waals surface area contributed by atoms with Crippen molar-refractivity contribution in [2.75, 3.05) is 13.2 Å². The maximum atomic E-state index is 11.9. The Hall–Kier alpha value is 0.0500. The molecular formula is C19H37NaO8P. The standard InChI is InChI=1S/C19H37O8P.Na/c1-3-5-7-9-11-13-18(20)25-15-17(16-26-28(22,23)24)27-19(21)14-12-10-8-6-4-2;/h17H,3-16H2,1-2H3,(H2,22,23,24);/t17-;/m1./s1. The maximum absolute atomic E-state index is 11.9. The third kappa shape index (κ3) is 22.6. The number of ether oxygens (including phenoxy) is 2. The Labute approximate surface area is 197 Å². The Morgan fingerprint density at radius 3 is 1.76 bits per heavy atom. The second kappa shape index (κ2) is 20.0. The molecule has 0 rings (SSSR count). The van der Waals surface area contributed by atoms with Gasteiger partial charge in [-0.2, -0.15) is 0 Å². The number of esters is 2. The van der Waals surface area contributed by atoms with E-state index in [9.17, 15) is 14.2 Å². The summed E-state index contributed by atoms with van der Waals surface area (Å²) in [5.74, 6) is -0.917. The topological polar surface area (TPSA) is 119 Å². The first kappa shape index (κ1) is 31.2. The van der Waals surface area contributed by atoms with Crippen LogP contribution in [0.5, 0.6) is 0 Å². The summed E-state index contributed by atoms with van der Waals surface area (Å²) >= 11 is 0. The first-order valence-corrected chi connectivity index (χ1v) is 11.9. The maximum Gasteiger partial charge on any atom is 0.469 e. The smallest absolute Gasteiger partial charge is 0.462 e. The van der Waals surface area contributed by atoms with Gasteiger partial charge in [0.1, 0.15) is 6.61 Å². The summed E-state index contributed by atoms with van der Waals surface area (Å²) in [4.78, 5) is 41.4. The molecule has 29 heavy (non-hydrogen) atoms. The molecule has 0 aliphatic rings. The summed E-state index contributed by atoms with van der Waals surface area (Å²) in [7, 11) is -4.70. The molecular weight excluding hydrogens is 410 g/mol. The molecule has 0 aromatic carbocycles. The average molecular weight is 447 g/mol. The van der Waals surface area contributed by atoms with Crippen molar-refractivity contribution in [3.63, 3.8) is 0 Å². The summed E-state index contributed by atoms with van der Waals surface area (Å²) in [5, 5.41) is 0. The molecule has 0 unspecified atom stereocenters. The molecule has 1 radical (unpaired) electrons. The monoisotopic (exact) mass is 447 g/mol. The van der Waals surface area contributed by atoms with Crippen molar-refractivity contribution in [3.8, 4) is 0 Å². The second-order valence-electron chi connectivity index (χ2n) is 6.91. The zero-order valence-electron chi connectivity index (χ0n) is 18.3. The molecule has 167 valence electrons. The fraction of sp³-hybridized carbons (Fsp3) is 0.895. The van der Waals surface area contributed by atoms with Gasteiger partial charge in [-0.1, -0.05) is 65.2 Å². The van der Waals surface area contributed by atoms with Crippen LogP contribution < -0.4 is 0 Å². The summed E-state index contributed by atoms with van der Waals surface area (Å²) in [6.07, 6.45) is 9.29. The van der Waals surface area contributed by atoms with Gasteiger partial charge in [0.25, 0.3) is 0 Å². The molecule has 0 amide bonds. The molecule has 1 atom stereocenters. The summed E-state index contributed by atoms with van der Waals surface area (Å²) < 4.78 is 25.6. The van der Waals surface area contributed by atoms with Crippen LogP contribution in [0.25, 0.3) is 0 Å². The van der Waals surface area contributed by atoms with Gasteiger partial charge in [0.2, 0.25) is 0 Å². The van der Waals surface area contributed by atoms with Crippen LogP contribution in [0, 0.1) is 0 Å². The van der Waals surface area contributed by atoms with Crippen LogP contribution in [0.1, 0.15) is 90.9 Å². The molecule has 0 aliphatic heterocycles. The van der Waals surface area contributed by atoms with Gasteiger partial charge in [0, 0.05) is 42.4 Å². The van der Waals surface area contributed by atoms with Gasteiger partial charge in [-0.15, -0.1) is 0 Å². The van der Waals surface area contributed by atoms with E-state index in [-0.39, 0.29) is 49.0 Å². The van der Waals surface area contributed by atoms with Gasteiger partial charge in [-0.25, -0.2) is 4.57 Å². The van der Waals surface area contributed by atoms with Crippen molar-refractivity contribution in [1.29, 1.82) is 0 Å². The summed E-state index contributed by atoms with van der Waals surface area (Å²) in [6.45, 7) is 3.40. The van der Waals surface area contributed by atoms with Crippen LogP contribution in [0.2, 0.25) is 0 Å². The first-order valence-electron chi connectivity index (χ1n) is 10.3. The number of phosphoric acid groups is 1. The number of carbonyl (C=O) groups excluding carboxylic acids is 2. The van der Waals surface area contributed by atoms with Crippen molar-refractivity contribution in [2.24, 2.45) is 0 Å². The van der Waals surface area contributed by atoms with Crippen LogP contribution in [-0.2, 0) is 28.2 Å². The third-order valence-electron chi connectivity index (χ3n) is 4.13. The first-order chi connectivity index (χ1) is 13.3. The molecule has 2 N–H and O–H groups in total. The quantitative estimate of drug-likeness (QED) is 0.141. The molecule has 8 nitrogen and oxygen atoms in total. The summed E-state index contributed by atoms with van der Waals surface area (Å²) in [6, 6.07) is 0. The normalized spacial score (nSPS) is 12.1. The Kier molecular flexibility index (Phi) is 21.5. The van der Waals surface area contributed by atoms with Crippen molar-refractivity contribution >= 4 is 49.3 Å². The molecule has 0 aromatic rings. The van der Waals surface area contributed by atoms with E-state index in [4.69, 9.17) is 19.3 Å². The van der Waals surface area contributed by atoms with Gasteiger partial charge in [-0.05, 0) is 12.8 Å². The summed E-state index contributed by atoms with van der Waals surface area (Å²) in [5.41, 5.74) is 0. The van der Waals surface area contributed by atoms with Crippen molar-refractivity contribution in [3.05, 3.63) is 0 Å². The Morgan fingerprint density at radius 1 is 0.793 bits per heavy atom. The van der Waals surface area contributed by atoms with Gasteiger partial charge in [0.05, 0.1) is 6.61 Å². The molecule has 0 fully saturated rings. The average Bonchev–Trinajstić information content (AvgIpc) is 2.63. The molecule has 0 aromatic heterocycles. The van der Waals surface area contributed by atoms with E-state index < -0.39 is 32.5 Å². The van der Waals surface area contributed by atoms with Crippen molar-refractivity contribution in [1.82, 2.24) is 0 Å². The van der Waals surface area contributed by atoms with Crippen LogP contribution in [0.3, 0.4) is 0 Å². The van der Waals surface area contributed by atoms with Crippen LogP contribution >= 0.6 is 7.82 Å². The minimum Gasteiger partial charge on any atom is -0.462 e. The van der Waals surface area contributed by atoms with Gasteiger partial charge < -0.3 is 19.3 Å². The zero-order valence-corrected chi connectivity index (χ0v) is 21.2. The van der Waals surface area contributed by atoms with Crippen LogP contribution in [-0.4, -0.2) is 70.6 Å². The van der Waals surface area contributed by atoms with E-state index in [2.05, 4.69) is 18.4 Å². The SMILES string of the molecule is CCCCCCCC(=O)OC[C@H](COP(=O)(O)O)OC(=O)CCCCCCC.[Na]. The zero-order chi connectivity index (χ0) is 21.3. The number of hydrogen-bond donors (Lipinski definition) is 2. The number of carbonyl (C=O) groups is 2. The van der Waals surface area contributed by atoms with Crippen LogP contribution in [0.4, 0.5) is 0 Å². The van der Waals surface area contributed by atoms with E-state index >= 15 is 0 Å².